The number of ketones is 1. The number of carbonyl (C=O) groups is 1. The van der Waals surface area contributed by atoms with Crippen molar-refractivity contribution in [2.24, 2.45) is 0 Å². The topological polar surface area (TPSA) is 28.5 Å². The second-order valence-corrected chi connectivity index (χ2v) is 7.35. The summed E-state index contributed by atoms with van der Waals surface area (Å²) in [7, 11) is 2.14. The third-order valence-corrected chi connectivity index (χ3v) is 5.58. The average molecular weight is 361 g/mol. The largest absolute Gasteiger partial charge is 0.340 e. The first kappa shape index (κ1) is 18.0. The summed E-state index contributed by atoms with van der Waals surface area (Å²) < 4.78 is 2.28. The van der Waals surface area contributed by atoms with Gasteiger partial charge < -0.3 is 9.47 Å². The maximum absolute atomic E-state index is 13.5. The van der Waals surface area contributed by atoms with Gasteiger partial charge in [-0.1, -0.05) is 48.5 Å². The molecule has 0 spiro atoms. The number of nitrogens with zero attached hydrogens (tertiary/aromatic N) is 3. The molecule has 1 aliphatic rings. The lowest BCUT2D eigenvalue weighted by Crippen LogP contribution is -2.46. The SMILES string of the molecule is CCn1c(-c2ccccc2)c(C(=O)CN2CCN(C)CC2)c2ccccc21. The van der Waals surface area contributed by atoms with Gasteiger partial charge in [0.25, 0.3) is 0 Å². The molecule has 0 radical (unpaired) electrons. The molecule has 140 valence electrons. The van der Waals surface area contributed by atoms with Gasteiger partial charge in [-0.05, 0) is 25.6 Å². The Bertz CT molecular complexity index is 937. The molecule has 4 heteroatoms. The number of rotatable bonds is 5. The zero-order valence-corrected chi connectivity index (χ0v) is 16.2. The van der Waals surface area contributed by atoms with Crippen LogP contribution in [-0.4, -0.2) is 59.9 Å². The van der Waals surface area contributed by atoms with Crippen LogP contribution in [0.25, 0.3) is 22.2 Å². The van der Waals surface area contributed by atoms with E-state index in [1.807, 2.05) is 24.3 Å². The summed E-state index contributed by atoms with van der Waals surface area (Å²) >= 11 is 0. The summed E-state index contributed by atoms with van der Waals surface area (Å²) in [6, 6.07) is 18.6. The fraction of sp³-hybridized carbons (Fsp3) is 0.348. The van der Waals surface area contributed by atoms with Gasteiger partial charge in [-0.3, -0.25) is 9.69 Å². The van der Waals surface area contributed by atoms with Crippen LogP contribution < -0.4 is 0 Å². The zero-order valence-electron chi connectivity index (χ0n) is 16.2. The summed E-state index contributed by atoms with van der Waals surface area (Å²) in [6.07, 6.45) is 0. The van der Waals surface area contributed by atoms with Crippen molar-refractivity contribution < 1.29 is 4.79 Å². The van der Waals surface area contributed by atoms with Crippen molar-refractivity contribution in [3.05, 3.63) is 60.2 Å². The number of benzene rings is 2. The van der Waals surface area contributed by atoms with Crippen molar-refractivity contribution in [3.8, 4) is 11.3 Å². The number of fused-ring (bicyclic) bond motifs is 1. The molecule has 1 saturated heterocycles. The molecule has 0 amide bonds. The number of likely N-dealkylation sites (N-methyl/N-ethyl adjacent to an activating group) is 1. The van der Waals surface area contributed by atoms with Gasteiger partial charge >= 0.3 is 0 Å². The molecule has 0 bridgehead atoms. The second-order valence-electron chi connectivity index (χ2n) is 7.35. The quantitative estimate of drug-likeness (QED) is 0.648. The number of para-hydroxylation sites is 1. The number of hydrogen-bond donors (Lipinski definition) is 0. The van der Waals surface area contributed by atoms with Crippen molar-refractivity contribution in [2.45, 2.75) is 13.5 Å². The van der Waals surface area contributed by atoms with Gasteiger partial charge in [0.2, 0.25) is 0 Å². The van der Waals surface area contributed by atoms with Crippen LogP contribution in [0.3, 0.4) is 0 Å². The maximum Gasteiger partial charge on any atom is 0.179 e. The van der Waals surface area contributed by atoms with E-state index in [0.717, 1.165) is 60.4 Å². The van der Waals surface area contributed by atoms with Crippen molar-refractivity contribution in [1.29, 1.82) is 0 Å². The number of hydrogen-bond acceptors (Lipinski definition) is 3. The number of piperazine rings is 1. The van der Waals surface area contributed by atoms with E-state index in [9.17, 15) is 4.79 Å². The van der Waals surface area contributed by atoms with Gasteiger partial charge in [0.05, 0.1) is 17.8 Å². The summed E-state index contributed by atoms with van der Waals surface area (Å²) in [6.45, 7) is 7.43. The van der Waals surface area contributed by atoms with Gasteiger partial charge in [-0.25, -0.2) is 0 Å². The van der Waals surface area contributed by atoms with Crippen LogP contribution in [0.1, 0.15) is 17.3 Å². The molecule has 1 aromatic heterocycles. The molecular formula is C23H27N3O. The molecule has 1 fully saturated rings. The van der Waals surface area contributed by atoms with E-state index < -0.39 is 0 Å². The van der Waals surface area contributed by atoms with Gasteiger partial charge in [0.15, 0.2) is 5.78 Å². The van der Waals surface area contributed by atoms with E-state index in [0.29, 0.717) is 6.54 Å². The molecule has 0 unspecified atom stereocenters. The van der Waals surface area contributed by atoms with Crippen LogP contribution in [0.15, 0.2) is 54.6 Å². The second kappa shape index (κ2) is 7.67. The maximum atomic E-state index is 13.5. The first-order chi connectivity index (χ1) is 13.2. The summed E-state index contributed by atoms with van der Waals surface area (Å²) in [5.41, 5.74) is 4.17. The Labute approximate surface area is 161 Å². The van der Waals surface area contributed by atoms with Crippen molar-refractivity contribution in [3.63, 3.8) is 0 Å². The number of carbonyl (C=O) groups excluding carboxylic acids is 1. The first-order valence-corrected chi connectivity index (χ1v) is 9.79. The van der Waals surface area contributed by atoms with Crippen LogP contribution >= 0.6 is 0 Å². The lowest BCUT2D eigenvalue weighted by atomic mass is 10.0. The predicted molar refractivity (Wildman–Crippen MR) is 111 cm³/mol. The van der Waals surface area contributed by atoms with Crippen molar-refractivity contribution >= 4 is 16.7 Å². The molecule has 1 aliphatic heterocycles. The van der Waals surface area contributed by atoms with Gasteiger partial charge in [-0.2, -0.15) is 0 Å². The molecule has 4 rings (SSSR count). The van der Waals surface area contributed by atoms with Gasteiger partial charge in [0.1, 0.15) is 0 Å². The Hall–Kier alpha value is -2.43. The van der Waals surface area contributed by atoms with Gasteiger partial charge in [0, 0.05) is 43.6 Å². The Morgan fingerprint density at radius 1 is 0.926 bits per heavy atom. The first-order valence-electron chi connectivity index (χ1n) is 9.79. The van der Waals surface area contributed by atoms with Gasteiger partial charge in [-0.15, -0.1) is 0 Å². The Kier molecular flexibility index (Phi) is 5.10. The molecular weight excluding hydrogens is 334 g/mol. The van der Waals surface area contributed by atoms with Crippen LogP contribution in [0, 0.1) is 0 Å². The lowest BCUT2D eigenvalue weighted by Gasteiger charge is -2.31. The number of Topliss-reactive ketones (excluding diaryl/α,β-unsaturated/α-hetero) is 1. The number of aryl methyl sites for hydroxylation is 1. The Balaban J connectivity index is 1.80. The fourth-order valence-corrected chi connectivity index (χ4v) is 4.10. The lowest BCUT2D eigenvalue weighted by molar-refractivity contribution is 0.0878. The number of aromatic nitrogens is 1. The summed E-state index contributed by atoms with van der Waals surface area (Å²) in [5, 5.41) is 1.07. The zero-order chi connectivity index (χ0) is 18.8. The van der Waals surface area contributed by atoms with Crippen LogP contribution in [-0.2, 0) is 6.54 Å². The van der Waals surface area contributed by atoms with E-state index in [1.54, 1.807) is 0 Å². The Morgan fingerprint density at radius 3 is 2.30 bits per heavy atom. The molecule has 4 nitrogen and oxygen atoms in total. The van der Waals surface area contributed by atoms with Crippen LogP contribution in [0.2, 0.25) is 0 Å². The van der Waals surface area contributed by atoms with E-state index in [1.165, 1.54) is 0 Å². The highest BCUT2D eigenvalue weighted by Gasteiger charge is 2.25. The smallest absolute Gasteiger partial charge is 0.179 e. The van der Waals surface area contributed by atoms with E-state index >= 15 is 0 Å². The van der Waals surface area contributed by atoms with Crippen molar-refractivity contribution in [2.75, 3.05) is 39.8 Å². The van der Waals surface area contributed by atoms with E-state index in [4.69, 9.17) is 0 Å². The normalized spacial score (nSPS) is 16.1. The molecule has 0 saturated carbocycles. The van der Waals surface area contributed by atoms with Crippen LogP contribution in [0.5, 0.6) is 0 Å². The van der Waals surface area contributed by atoms with E-state index in [2.05, 4.69) is 58.7 Å². The third-order valence-electron chi connectivity index (χ3n) is 5.58. The van der Waals surface area contributed by atoms with Crippen LogP contribution in [0.4, 0.5) is 0 Å². The Morgan fingerprint density at radius 2 is 1.59 bits per heavy atom. The molecule has 0 aliphatic carbocycles. The monoisotopic (exact) mass is 361 g/mol. The average Bonchev–Trinajstić information content (AvgIpc) is 3.05. The highest BCUT2D eigenvalue weighted by Crippen LogP contribution is 2.34. The third kappa shape index (κ3) is 3.43. The predicted octanol–water partition coefficient (Wildman–Crippen LogP) is 3.76. The van der Waals surface area contributed by atoms with Crippen molar-refractivity contribution in [1.82, 2.24) is 14.4 Å². The molecule has 2 heterocycles. The molecule has 3 aromatic rings. The standard InChI is InChI=1S/C23H27N3O/c1-3-26-20-12-8-7-11-19(20)22(23(26)18-9-5-4-6-10-18)21(27)17-25-15-13-24(2)14-16-25/h4-12H,3,13-17H2,1-2H3. The molecule has 27 heavy (non-hydrogen) atoms. The minimum Gasteiger partial charge on any atom is -0.340 e. The molecule has 0 N–H and O–H groups in total. The molecule has 0 atom stereocenters. The summed E-state index contributed by atoms with van der Waals surface area (Å²) in [4.78, 5) is 18.1. The highest BCUT2D eigenvalue weighted by molar-refractivity contribution is 6.14. The minimum atomic E-state index is 0.224. The fourth-order valence-electron chi connectivity index (χ4n) is 4.10. The minimum absolute atomic E-state index is 0.224. The summed E-state index contributed by atoms with van der Waals surface area (Å²) in [5.74, 6) is 0.224. The molecule has 2 aromatic carbocycles. The highest BCUT2D eigenvalue weighted by atomic mass is 16.1. The van der Waals surface area contributed by atoms with E-state index in [-0.39, 0.29) is 5.78 Å².